The van der Waals surface area contributed by atoms with Crippen LogP contribution in [-0.2, 0) is 0 Å². The summed E-state index contributed by atoms with van der Waals surface area (Å²) in [4.78, 5) is 0. The quantitative estimate of drug-likeness (QED) is 0.773. The van der Waals surface area contributed by atoms with Crippen molar-refractivity contribution in [2.45, 2.75) is 6.10 Å². The summed E-state index contributed by atoms with van der Waals surface area (Å²) in [7, 11) is 0. The van der Waals surface area contributed by atoms with Gasteiger partial charge in [-0.1, -0.05) is 24.3 Å². The number of aliphatic hydroxyl groups is 1. The van der Waals surface area contributed by atoms with E-state index >= 15 is 0 Å². The van der Waals surface area contributed by atoms with Crippen molar-refractivity contribution in [2.24, 2.45) is 0 Å². The number of hydrogen-bond donors (Lipinski definition) is 3. The van der Waals surface area contributed by atoms with E-state index in [9.17, 15) is 10.2 Å². The van der Waals surface area contributed by atoms with E-state index in [1.807, 2.05) is 0 Å². The van der Waals surface area contributed by atoms with E-state index in [-0.39, 0.29) is 18.1 Å². The SMILES string of the molecule is Oc1ccc(C(O)COc2ccccc2O)cc1. The van der Waals surface area contributed by atoms with E-state index in [0.717, 1.165) is 0 Å². The summed E-state index contributed by atoms with van der Waals surface area (Å²) in [6.07, 6.45) is -0.815. The fourth-order valence-corrected chi connectivity index (χ4v) is 1.54. The lowest BCUT2D eigenvalue weighted by atomic mass is 10.1. The van der Waals surface area contributed by atoms with Crippen molar-refractivity contribution in [3.05, 3.63) is 54.1 Å². The lowest BCUT2D eigenvalue weighted by Gasteiger charge is -2.13. The maximum Gasteiger partial charge on any atom is 0.161 e. The molecule has 4 heteroatoms. The van der Waals surface area contributed by atoms with E-state index < -0.39 is 6.10 Å². The van der Waals surface area contributed by atoms with Crippen LogP contribution >= 0.6 is 0 Å². The van der Waals surface area contributed by atoms with Crippen LogP contribution in [0.15, 0.2) is 48.5 Å². The van der Waals surface area contributed by atoms with Crippen LogP contribution in [0, 0.1) is 0 Å². The number of phenols is 2. The van der Waals surface area contributed by atoms with Crippen LogP contribution in [0.3, 0.4) is 0 Å². The molecule has 0 fully saturated rings. The first-order valence-corrected chi connectivity index (χ1v) is 5.54. The van der Waals surface area contributed by atoms with Gasteiger partial charge in [0.1, 0.15) is 18.5 Å². The fourth-order valence-electron chi connectivity index (χ4n) is 1.54. The van der Waals surface area contributed by atoms with Crippen LogP contribution in [0.25, 0.3) is 0 Å². The Morgan fingerprint density at radius 2 is 1.61 bits per heavy atom. The van der Waals surface area contributed by atoms with Gasteiger partial charge in [0.05, 0.1) is 0 Å². The number of para-hydroxylation sites is 2. The Kier molecular flexibility index (Phi) is 3.69. The van der Waals surface area contributed by atoms with Crippen molar-refractivity contribution < 1.29 is 20.1 Å². The molecule has 2 aromatic rings. The normalized spacial score (nSPS) is 12.1. The number of hydrogen-bond acceptors (Lipinski definition) is 4. The minimum absolute atomic E-state index is 0.0301. The Bertz CT molecular complexity index is 507. The van der Waals surface area contributed by atoms with Crippen molar-refractivity contribution in [3.8, 4) is 17.2 Å². The van der Waals surface area contributed by atoms with Gasteiger partial charge in [0, 0.05) is 0 Å². The predicted octanol–water partition coefficient (Wildman–Crippen LogP) is 2.21. The summed E-state index contributed by atoms with van der Waals surface area (Å²) in [5.74, 6) is 0.512. The van der Waals surface area contributed by atoms with Crippen molar-refractivity contribution in [1.82, 2.24) is 0 Å². The molecule has 0 saturated carbocycles. The van der Waals surface area contributed by atoms with E-state index in [4.69, 9.17) is 9.84 Å². The molecule has 1 unspecified atom stereocenters. The Morgan fingerprint density at radius 1 is 0.944 bits per heavy atom. The minimum Gasteiger partial charge on any atom is -0.508 e. The second kappa shape index (κ2) is 5.42. The van der Waals surface area contributed by atoms with Crippen molar-refractivity contribution >= 4 is 0 Å². The number of ether oxygens (including phenoxy) is 1. The fraction of sp³-hybridized carbons (Fsp3) is 0.143. The first-order chi connectivity index (χ1) is 8.66. The zero-order chi connectivity index (χ0) is 13.0. The number of benzene rings is 2. The molecule has 0 bridgehead atoms. The monoisotopic (exact) mass is 246 g/mol. The molecule has 0 aliphatic rings. The molecule has 94 valence electrons. The highest BCUT2D eigenvalue weighted by Crippen LogP contribution is 2.26. The molecule has 2 aromatic carbocycles. The van der Waals surface area contributed by atoms with E-state index in [1.165, 1.54) is 18.2 Å². The summed E-state index contributed by atoms with van der Waals surface area (Å²) in [6, 6.07) is 12.8. The van der Waals surface area contributed by atoms with Gasteiger partial charge in [-0.15, -0.1) is 0 Å². The van der Waals surface area contributed by atoms with Crippen molar-refractivity contribution in [2.75, 3.05) is 6.61 Å². The third kappa shape index (κ3) is 2.93. The van der Waals surface area contributed by atoms with Gasteiger partial charge in [-0.3, -0.25) is 0 Å². The number of aromatic hydroxyl groups is 2. The van der Waals surface area contributed by atoms with E-state index in [0.29, 0.717) is 11.3 Å². The van der Waals surface area contributed by atoms with Crippen molar-refractivity contribution in [3.63, 3.8) is 0 Å². The molecule has 0 aromatic heterocycles. The second-order valence-corrected chi connectivity index (χ2v) is 3.89. The van der Waals surface area contributed by atoms with Crippen LogP contribution in [0.4, 0.5) is 0 Å². The van der Waals surface area contributed by atoms with Crippen LogP contribution in [0.1, 0.15) is 11.7 Å². The molecule has 2 rings (SSSR count). The molecule has 0 spiro atoms. The molecular formula is C14H14O4. The zero-order valence-electron chi connectivity index (χ0n) is 9.65. The molecule has 0 radical (unpaired) electrons. The number of aliphatic hydroxyl groups excluding tert-OH is 1. The Balaban J connectivity index is 1.98. The molecule has 1 atom stereocenters. The Morgan fingerprint density at radius 3 is 2.28 bits per heavy atom. The standard InChI is InChI=1S/C14H14O4/c15-11-7-5-10(6-8-11)13(17)9-18-14-4-2-1-3-12(14)16/h1-8,13,15-17H,9H2. The van der Waals surface area contributed by atoms with Gasteiger partial charge in [0.2, 0.25) is 0 Å². The molecule has 0 aliphatic heterocycles. The zero-order valence-corrected chi connectivity index (χ0v) is 9.65. The van der Waals surface area contributed by atoms with Crippen molar-refractivity contribution in [1.29, 1.82) is 0 Å². The minimum atomic E-state index is -0.815. The highest BCUT2D eigenvalue weighted by atomic mass is 16.5. The van der Waals surface area contributed by atoms with Gasteiger partial charge < -0.3 is 20.1 Å². The van der Waals surface area contributed by atoms with Crippen LogP contribution < -0.4 is 4.74 Å². The summed E-state index contributed by atoms with van der Waals surface area (Å²) in [6.45, 7) is 0.0301. The third-order valence-corrected chi connectivity index (χ3v) is 2.54. The summed E-state index contributed by atoms with van der Waals surface area (Å²) in [5, 5.41) is 28.5. The number of rotatable bonds is 4. The Hall–Kier alpha value is -2.20. The van der Waals surface area contributed by atoms with Crippen LogP contribution in [-0.4, -0.2) is 21.9 Å². The molecule has 18 heavy (non-hydrogen) atoms. The maximum absolute atomic E-state index is 9.88. The molecular weight excluding hydrogens is 232 g/mol. The topological polar surface area (TPSA) is 69.9 Å². The number of phenolic OH excluding ortho intramolecular Hbond substituents is 2. The van der Waals surface area contributed by atoms with Gasteiger partial charge in [-0.05, 0) is 29.8 Å². The summed E-state index contributed by atoms with van der Waals surface area (Å²) >= 11 is 0. The van der Waals surface area contributed by atoms with Gasteiger partial charge in [-0.25, -0.2) is 0 Å². The smallest absolute Gasteiger partial charge is 0.161 e. The van der Waals surface area contributed by atoms with Crippen LogP contribution in [0.2, 0.25) is 0 Å². The Labute approximate surface area is 105 Å². The van der Waals surface area contributed by atoms with Gasteiger partial charge in [0.15, 0.2) is 11.5 Å². The van der Waals surface area contributed by atoms with Crippen LogP contribution in [0.5, 0.6) is 17.2 Å². The second-order valence-electron chi connectivity index (χ2n) is 3.89. The molecule has 0 heterocycles. The van der Waals surface area contributed by atoms with E-state index in [1.54, 1.807) is 30.3 Å². The molecule has 0 amide bonds. The molecule has 0 saturated heterocycles. The third-order valence-electron chi connectivity index (χ3n) is 2.54. The van der Waals surface area contributed by atoms with E-state index in [2.05, 4.69) is 0 Å². The highest BCUT2D eigenvalue weighted by Gasteiger charge is 2.09. The van der Waals surface area contributed by atoms with Gasteiger partial charge in [0.25, 0.3) is 0 Å². The molecule has 3 N–H and O–H groups in total. The maximum atomic E-state index is 9.88. The highest BCUT2D eigenvalue weighted by molar-refractivity contribution is 5.38. The predicted molar refractivity (Wildman–Crippen MR) is 66.7 cm³/mol. The first-order valence-electron chi connectivity index (χ1n) is 5.54. The average Bonchev–Trinajstić information content (AvgIpc) is 2.38. The summed E-state index contributed by atoms with van der Waals surface area (Å²) < 4.78 is 5.32. The van der Waals surface area contributed by atoms with Gasteiger partial charge in [-0.2, -0.15) is 0 Å². The molecule has 0 aliphatic carbocycles. The lowest BCUT2D eigenvalue weighted by molar-refractivity contribution is 0.106. The first kappa shape index (κ1) is 12.3. The summed E-state index contributed by atoms with van der Waals surface area (Å²) in [5.41, 5.74) is 0.642. The lowest BCUT2D eigenvalue weighted by Crippen LogP contribution is -2.09. The average molecular weight is 246 g/mol. The largest absolute Gasteiger partial charge is 0.508 e. The van der Waals surface area contributed by atoms with Gasteiger partial charge >= 0.3 is 0 Å². The molecule has 4 nitrogen and oxygen atoms in total.